The van der Waals surface area contributed by atoms with Crippen LogP contribution in [0.25, 0.3) is 0 Å². The van der Waals surface area contributed by atoms with E-state index in [0.29, 0.717) is 6.10 Å². The van der Waals surface area contributed by atoms with Crippen LogP contribution in [0.5, 0.6) is 0 Å². The number of hydrogen-bond acceptors (Lipinski definition) is 3. The molecule has 1 saturated heterocycles. The molecule has 0 spiro atoms. The number of nitrogens with zero attached hydrogens (tertiary/aromatic N) is 3. The molecule has 0 N–H and O–H groups in total. The van der Waals surface area contributed by atoms with E-state index in [1.54, 1.807) is 0 Å². The lowest BCUT2D eigenvalue weighted by molar-refractivity contribution is 0.346. The maximum atomic E-state index is 5.13. The highest BCUT2D eigenvalue weighted by atomic mass is 16.6. The Labute approximate surface area is 77.9 Å². The number of aromatic nitrogens is 3. The van der Waals surface area contributed by atoms with Crippen LogP contribution < -0.4 is 0 Å². The van der Waals surface area contributed by atoms with Crippen LogP contribution in [-0.2, 0) is 16.7 Å². The van der Waals surface area contributed by atoms with Gasteiger partial charge in [0.05, 0.1) is 23.9 Å². The average Bonchev–Trinajstić information content (AvgIpc) is 2.63. The molecule has 2 heterocycles. The van der Waals surface area contributed by atoms with E-state index in [2.05, 4.69) is 31.1 Å². The minimum Gasteiger partial charge on any atom is -0.373 e. The van der Waals surface area contributed by atoms with Gasteiger partial charge in [0.25, 0.3) is 0 Å². The van der Waals surface area contributed by atoms with Crippen LogP contribution >= 0.6 is 0 Å². The van der Waals surface area contributed by atoms with Crippen molar-refractivity contribution < 1.29 is 4.74 Å². The number of hydrogen-bond donors (Lipinski definition) is 0. The monoisotopic (exact) mass is 181 g/mol. The van der Waals surface area contributed by atoms with Crippen molar-refractivity contribution in [2.45, 2.75) is 38.8 Å². The van der Waals surface area contributed by atoms with Crippen LogP contribution in [0.15, 0.2) is 6.20 Å². The van der Waals surface area contributed by atoms with Crippen molar-refractivity contribution in [3.63, 3.8) is 0 Å². The standard InChI is InChI=1S/C9H15N3O/c1-9(2,3)12-5-7(10-11-12)4-8-6-13-8/h5,8H,4,6H2,1-3H3/t8-/m0/s1. The van der Waals surface area contributed by atoms with Gasteiger partial charge in [-0.25, -0.2) is 4.68 Å². The Morgan fingerprint density at radius 3 is 2.77 bits per heavy atom. The van der Waals surface area contributed by atoms with Crippen LogP contribution in [0.1, 0.15) is 26.5 Å². The van der Waals surface area contributed by atoms with Crippen LogP contribution in [0.3, 0.4) is 0 Å². The van der Waals surface area contributed by atoms with Crippen molar-refractivity contribution in [2.24, 2.45) is 0 Å². The Morgan fingerprint density at radius 1 is 1.62 bits per heavy atom. The predicted octanol–water partition coefficient (Wildman–Crippen LogP) is 0.974. The summed E-state index contributed by atoms with van der Waals surface area (Å²) in [6, 6.07) is 0. The molecule has 0 saturated carbocycles. The predicted molar refractivity (Wildman–Crippen MR) is 48.5 cm³/mol. The van der Waals surface area contributed by atoms with Gasteiger partial charge >= 0.3 is 0 Å². The van der Waals surface area contributed by atoms with Crippen LogP contribution in [0, 0.1) is 0 Å². The molecule has 72 valence electrons. The molecule has 13 heavy (non-hydrogen) atoms. The normalized spacial score (nSPS) is 21.9. The highest BCUT2D eigenvalue weighted by molar-refractivity contribution is 4.98. The van der Waals surface area contributed by atoms with Crippen molar-refractivity contribution >= 4 is 0 Å². The second kappa shape index (κ2) is 2.80. The smallest absolute Gasteiger partial charge is 0.0866 e. The lowest BCUT2D eigenvalue weighted by Crippen LogP contribution is -2.22. The number of ether oxygens (including phenoxy) is 1. The zero-order valence-corrected chi connectivity index (χ0v) is 8.32. The summed E-state index contributed by atoms with van der Waals surface area (Å²) < 4.78 is 7.02. The lowest BCUT2D eigenvalue weighted by atomic mass is 10.1. The molecule has 4 nitrogen and oxygen atoms in total. The molecular formula is C9H15N3O. The molecule has 1 atom stereocenters. The summed E-state index contributed by atoms with van der Waals surface area (Å²) in [6.45, 7) is 7.21. The van der Waals surface area contributed by atoms with Gasteiger partial charge < -0.3 is 4.74 Å². The zero-order valence-electron chi connectivity index (χ0n) is 8.32. The van der Waals surface area contributed by atoms with E-state index in [9.17, 15) is 0 Å². The van der Waals surface area contributed by atoms with Crippen molar-refractivity contribution in [3.05, 3.63) is 11.9 Å². The molecule has 0 aromatic carbocycles. The third-order valence-electron chi connectivity index (χ3n) is 2.07. The molecular weight excluding hydrogens is 166 g/mol. The van der Waals surface area contributed by atoms with E-state index >= 15 is 0 Å². The number of epoxide rings is 1. The first-order valence-electron chi connectivity index (χ1n) is 4.59. The quantitative estimate of drug-likeness (QED) is 0.639. The summed E-state index contributed by atoms with van der Waals surface area (Å²) in [7, 11) is 0. The first kappa shape index (κ1) is 8.69. The Morgan fingerprint density at radius 2 is 2.31 bits per heavy atom. The van der Waals surface area contributed by atoms with Crippen molar-refractivity contribution in [3.8, 4) is 0 Å². The molecule has 0 radical (unpaired) electrons. The maximum absolute atomic E-state index is 5.13. The highest BCUT2D eigenvalue weighted by Crippen LogP contribution is 2.16. The third-order valence-corrected chi connectivity index (χ3v) is 2.07. The summed E-state index contributed by atoms with van der Waals surface area (Å²) in [5.41, 5.74) is 1.05. The Bertz CT molecular complexity index is 296. The summed E-state index contributed by atoms with van der Waals surface area (Å²) in [6.07, 6.45) is 3.29. The topological polar surface area (TPSA) is 43.2 Å². The molecule has 4 heteroatoms. The molecule has 0 amide bonds. The van der Waals surface area contributed by atoms with E-state index in [0.717, 1.165) is 18.7 Å². The molecule has 1 aliphatic heterocycles. The SMILES string of the molecule is CC(C)(C)n1cc(C[C@H]2CO2)nn1. The Balaban J connectivity index is 2.08. The minimum absolute atomic E-state index is 0.0235. The van der Waals surface area contributed by atoms with Gasteiger partial charge in [-0.2, -0.15) is 0 Å². The maximum Gasteiger partial charge on any atom is 0.0866 e. The minimum atomic E-state index is 0.0235. The van der Waals surface area contributed by atoms with E-state index in [-0.39, 0.29) is 5.54 Å². The summed E-state index contributed by atoms with van der Waals surface area (Å²) >= 11 is 0. The van der Waals surface area contributed by atoms with E-state index < -0.39 is 0 Å². The summed E-state index contributed by atoms with van der Waals surface area (Å²) in [5.74, 6) is 0. The number of rotatable bonds is 2. The average molecular weight is 181 g/mol. The van der Waals surface area contributed by atoms with Gasteiger partial charge in [-0.1, -0.05) is 5.21 Å². The first-order chi connectivity index (χ1) is 6.05. The summed E-state index contributed by atoms with van der Waals surface area (Å²) in [4.78, 5) is 0. The zero-order chi connectivity index (χ0) is 9.47. The first-order valence-corrected chi connectivity index (χ1v) is 4.59. The van der Waals surface area contributed by atoms with Gasteiger partial charge in [0, 0.05) is 12.6 Å². The van der Waals surface area contributed by atoms with Gasteiger partial charge in [-0.05, 0) is 20.8 Å². The summed E-state index contributed by atoms with van der Waals surface area (Å²) in [5, 5.41) is 8.18. The Kier molecular flexibility index (Phi) is 1.87. The largest absolute Gasteiger partial charge is 0.373 e. The fraction of sp³-hybridized carbons (Fsp3) is 0.778. The molecule has 0 unspecified atom stereocenters. The molecule has 1 fully saturated rings. The molecule has 1 aromatic heterocycles. The molecule has 1 aromatic rings. The van der Waals surface area contributed by atoms with Crippen LogP contribution in [-0.4, -0.2) is 27.7 Å². The Hall–Kier alpha value is -0.900. The van der Waals surface area contributed by atoms with Crippen molar-refractivity contribution in [2.75, 3.05) is 6.61 Å². The van der Waals surface area contributed by atoms with E-state index in [4.69, 9.17) is 4.74 Å². The van der Waals surface area contributed by atoms with Gasteiger partial charge in [-0.15, -0.1) is 5.10 Å². The van der Waals surface area contributed by atoms with Gasteiger partial charge in [0.15, 0.2) is 0 Å². The van der Waals surface area contributed by atoms with E-state index in [1.165, 1.54) is 0 Å². The third kappa shape index (κ3) is 2.06. The van der Waals surface area contributed by atoms with Gasteiger partial charge in [-0.3, -0.25) is 0 Å². The molecule has 2 rings (SSSR count). The molecule has 0 bridgehead atoms. The highest BCUT2D eigenvalue weighted by Gasteiger charge is 2.25. The van der Waals surface area contributed by atoms with E-state index in [1.807, 2.05) is 10.9 Å². The molecule has 0 aliphatic carbocycles. The van der Waals surface area contributed by atoms with Crippen LogP contribution in [0.2, 0.25) is 0 Å². The lowest BCUT2D eigenvalue weighted by Gasteiger charge is -2.17. The fourth-order valence-electron chi connectivity index (χ4n) is 1.14. The van der Waals surface area contributed by atoms with Crippen molar-refractivity contribution in [1.29, 1.82) is 0 Å². The fourth-order valence-corrected chi connectivity index (χ4v) is 1.14. The van der Waals surface area contributed by atoms with Gasteiger partial charge in [0.2, 0.25) is 0 Å². The van der Waals surface area contributed by atoms with Gasteiger partial charge in [0.1, 0.15) is 0 Å². The second-order valence-corrected chi connectivity index (χ2v) is 4.48. The van der Waals surface area contributed by atoms with Crippen LogP contribution in [0.4, 0.5) is 0 Å². The molecule has 1 aliphatic rings. The van der Waals surface area contributed by atoms with Crippen molar-refractivity contribution in [1.82, 2.24) is 15.0 Å². The second-order valence-electron chi connectivity index (χ2n) is 4.48.